The Morgan fingerprint density at radius 2 is 1.80 bits per heavy atom. The number of nitrogen functional groups attached to an aromatic ring is 1. The molecular formula is C22H25N5O2S. The molecule has 156 valence electrons. The molecule has 3 aromatic rings. The van der Waals surface area contributed by atoms with Gasteiger partial charge in [0.25, 0.3) is 5.56 Å². The lowest BCUT2D eigenvalue weighted by Gasteiger charge is -2.28. The Morgan fingerprint density at radius 3 is 2.50 bits per heavy atom. The highest BCUT2D eigenvalue weighted by Gasteiger charge is 2.16. The summed E-state index contributed by atoms with van der Waals surface area (Å²) in [5, 5.41) is 3.15. The fourth-order valence-corrected chi connectivity index (χ4v) is 4.59. The summed E-state index contributed by atoms with van der Waals surface area (Å²) < 4.78 is 13.1. The van der Waals surface area contributed by atoms with E-state index in [4.69, 9.17) is 5.73 Å². The van der Waals surface area contributed by atoms with E-state index in [2.05, 4.69) is 15.2 Å². The number of aryl methyl sites for hydroxylation is 1. The zero-order valence-electron chi connectivity index (χ0n) is 17.1. The molecule has 0 radical (unpaired) electrons. The van der Waals surface area contributed by atoms with Crippen LogP contribution in [0.25, 0.3) is 11.3 Å². The van der Waals surface area contributed by atoms with Gasteiger partial charge in [0.15, 0.2) is 5.82 Å². The molecule has 4 rings (SSSR count). The molecule has 0 saturated carbocycles. The maximum atomic E-state index is 12.6. The molecule has 0 unspecified atom stereocenters. The molecule has 7 nitrogen and oxygen atoms in total. The van der Waals surface area contributed by atoms with Gasteiger partial charge < -0.3 is 20.5 Å². The summed E-state index contributed by atoms with van der Waals surface area (Å²) in [6.45, 7) is 3.53. The SMILES string of the molecule is Cc1c(N)cccc1-c1cn(C)c(=O)c(Nc2ccc(N3CCS(=O)CC3)cc2)n1. The first kappa shape index (κ1) is 20.2. The van der Waals surface area contributed by atoms with Crippen LogP contribution in [0.2, 0.25) is 0 Å². The normalized spacial score (nSPS) is 14.7. The monoisotopic (exact) mass is 423 g/mol. The van der Waals surface area contributed by atoms with Gasteiger partial charge in [0.2, 0.25) is 0 Å². The molecule has 1 fully saturated rings. The van der Waals surface area contributed by atoms with Gasteiger partial charge in [-0.15, -0.1) is 0 Å². The highest BCUT2D eigenvalue weighted by Crippen LogP contribution is 2.26. The van der Waals surface area contributed by atoms with Crippen molar-refractivity contribution in [3.63, 3.8) is 0 Å². The van der Waals surface area contributed by atoms with Crippen LogP contribution >= 0.6 is 0 Å². The standard InChI is InChI=1S/C22H25N5O2S/c1-15-18(4-3-5-19(15)23)20-14-26(2)22(28)21(25-20)24-16-6-8-17(9-7-16)27-10-12-30(29)13-11-27/h3-9,14H,10-13,23H2,1-2H3,(H,24,25). The van der Waals surface area contributed by atoms with Gasteiger partial charge in [0, 0.05) is 71.3 Å². The highest BCUT2D eigenvalue weighted by atomic mass is 32.2. The zero-order valence-corrected chi connectivity index (χ0v) is 17.9. The van der Waals surface area contributed by atoms with Gasteiger partial charge in [-0.1, -0.05) is 12.1 Å². The first-order valence-electron chi connectivity index (χ1n) is 9.82. The van der Waals surface area contributed by atoms with E-state index in [9.17, 15) is 9.00 Å². The molecule has 1 saturated heterocycles. The first-order chi connectivity index (χ1) is 14.4. The summed E-state index contributed by atoms with van der Waals surface area (Å²) in [5.74, 6) is 1.67. The Kier molecular flexibility index (Phi) is 5.59. The molecule has 0 atom stereocenters. The van der Waals surface area contributed by atoms with Gasteiger partial charge in [0.05, 0.1) is 5.69 Å². The number of hydrogen-bond donors (Lipinski definition) is 2. The average Bonchev–Trinajstić information content (AvgIpc) is 2.74. The number of anilines is 4. The van der Waals surface area contributed by atoms with Crippen LogP contribution in [0.1, 0.15) is 5.56 Å². The average molecular weight is 424 g/mol. The minimum absolute atomic E-state index is 0.206. The number of rotatable bonds is 4. The van der Waals surface area contributed by atoms with Gasteiger partial charge >= 0.3 is 0 Å². The summed E-state index contributed by atoms with van der Waals surface area (Å²) in [4.78, 5) is 19.4. The van der Waals surface area contributed by atoms with E-state index in [1.165, 1.54) is 4.57 Å². The lowest BCUT2D eigenvalue weighted by Crippen LogP contribution is -2.37. The third-order valence-corrected chi connectivity index (χ3v) is 6.67. The van der Waals surface area contributed by atoms with Gasteiger partial charge in [0.1, 0.15) is 0 Å². The summed E-state index contributed by atoms with van der Waals surface area (Å²) in [6, 6.07) is 13.6. The number of nitrogens with one attached hydrogen (secondary N) is 1. The van der Waals surface area contributed by atoms with Crippen molar-refractivity contribution < 1.29 is 4.21 Å². The second-order valence-corrected chi connectivity index (χ2v) is 9.11. The van der Waals surface area contributed by atoms with E-state index in [-0.39, 0.29) is 11.4 Å². The van der Waals surface area contributed by atoms with E-state index < -0.39 is 10.8 Å². The minimum Gasteiger partial charge on any atom is -0.398 e. The number of benzene rings is 2. The van der Waals surface area contributed by atoms with E-state index in [1.807, 2.05) is 49.4 Å². The molecule has 0 aliphatic carbocycles. The van der Waals surface area contributed by atoms with Crippen LogP contribution in [0.3, 0.4) is 0 Å². The molecule has 1 aromatic heterocycles. The fourth-order valence-electron chi connectivity index (χ4n) is 3.54. The molecule has 1 aliphatic heterocycles. The van der Waals surface area contributed by atoms with E-state index in [0.29, 0.717) is 22.9 Å². The molecular weight excluding hydrogens is 398 g/mol. The topological polar surface area (TPSA) is 93.2 Å². The Bertz CT molecular complexity index is 1150. The second-order valence-electron chi connectivity index (χ2n) is 7.42. The molecule has 0 spiro atoms. The molecule has 1 aliphatic rings. The van der Waals surface area contributed by atoms with Crippen molar-refractivity contribution in [1.82, 2.24) is 9.55 Å². The van der Waals surface area contributed by atoms with E-state index in [0.717, 1.165) is 35.6 Å². The Hall–Kier alpha value is -3.13. The van der Waals surface area contributed by atoms with Crippen molar-refractivity contribution in [3.05, 3.63) is 64.6 Å². The third kappa shape index (κ3) is 4.09. The fraction of sp³-hybridized carbons (Fsp3) is 0.273. The first-order valence-corrected chi connectivity index (χ1v) is 11.3. The van der Waals surface area contributed by atoms with Crippen LogP contribution in [0.4, 0.5) is 22.9 Å². The van der Waals surface area contributed by atoms with Gasteiger partial charge in [-0.25, -0.2) is 4.98 Å². The molecule has 2 aromatic carbocycles. The maximum Gasteiger partial charge on any atom is 0.293 e. The van der Waals surface area contributed by atoms with Crippen molar-refractivity contribution in [3.8, 4) is 11.3 Å². The number of aromatic nitrogens is 2. The Labute approximate surface area is 178 Å². The van der Waals surface area contributed by atoms with E-state index in [1.54, 1.807) is 13.2 Å². The Morgan fingerprint density at radius 1 is 1.10 bits per heavy atom. The van der Waals surface area contributed by atoms with Crippen molar-refractivity contribution in [2.75, 3.05) is 40.5 Å². The van der Waals surface area contributed by atoms with Crippen LogP contribution in [0.5, 0.6) is 0 Å². The predicted molar refractivity (Wildman–Crippen MR) is 124 cm³/mol. The van der Waals surface area contributed by atoms with Gasteiger partial charge in [-0.05, 0) is 42.8 Å². The molecule has 8 heteroatoms. The lowest BCUT2D eigenvalue weighted by atomic mass is 10.0. The summed E-state index contributed by atoms with van der Waals surface area (Å²) >= 11 is 0. The number of nitrogens with two attached hydrogens (primary N) is 1. The van der Waals surface area contributed by atoms with Gasteiger partial charge in [-0.2, -0.15) is 0 Å². The number of hydrogen-bond acceptors (Lipinski definition) is 6. The molecule has 3 N–H and O–H groups in total. The van der Waals surface area contributed by atoms with Crippen LogP contribution in [0.15, 0.2) is 53.5 Å². The van der Waals surface area contributed by atoms with Crippen molar-refractivity contribution in [2.24, 2.45) is 7.05 Å². The number of nitrogens with zero attached hydrogens (tertiary/aromatic N) is 3. The van der Waals surface area contributed by atoms with Crippen molar-refractivity contribution >= 4 is 33.7 Å². The van der Waals surface area contributed by atoms with Crippen LogP contribution in [0, 0.1) is 6.92 Å². The minimum atomic E-state index is -0.699. The summed E-state index contributed by atoms with van der Waals surface area (Å²) in [5.41, 5.74) is 10.9. The van der Waals surface area contributed by atoms with Crippen LogP contribution in [-0.2, 0) is 17.8 Å². The van der Waals surface area contributed by atoms with Gasteiger partial charge in [-0.3, -0.25) is 9.00 Å². The van der Waals surface area contributed by atoms with E-state index >= 15 is 0 Å². The molecule has 30 heavy (non-hydrogen) atoms. The Balaban J connectivity index is 1.60. The van der Waals surface area contributed by atoms with Crippen LogP contribution < -0.4 is 21.5 Å². The lowest BCUT2D eigenvalue weighted by molar-refractivity contribution is 0.673. The highest BCUT2D eigenvalue weighted by molar-refractivity contribution is 7.85. The second kappa shape index (κ2) is 8.31. The molecule has 0 amide bonds. The van der Waals surface area contributed by atoms with Crippen molar-refractivity contribution in [1.29, 1.82) is 0 Å². The summed E-state index contributed by atoms with van der Waals surface area (Å²) in [6.07, 6.45) is 1.72. The smallest absolute Gasteiger partial charge is 0.293 e. The summed E-state index contributed by atoms with van der Waals surface area (Å²) in [7, 11) is 1.01. The largest absolute Gasteiger partial charge is 0.398 e. The molecule has 2 heterocycles. The molecule has 0 bridgehead atoms. The van der Waals surface area contributed by atoms with Crippen molar-refractivity contribution in [2.45, 2.75) is 6.92 Å². The third-order valence-electron chi connectivity index (χ3n) is 5.40. The zero-order chi connectivity index (χ0) is 21.3. The quantitative estimate of drug-likeness (QED) is 0.627. The van der Waals surface area contributed by atoms with Crippen LogP contribution in [-0.4, -0.2) is 38.4 Å². The maximum absolute atomic E-state index is 12.6. The predicted octanol–water partition coefficient (Wildman–Crippen LogP) is 2.65.